The smallest absolute Gasteiger partial charge is 0.332 e. The molecule has 0 saturated carbocycles. The Labute approximate surface area is 87.2 Å². The van der Waals surface area contributed by atoms with Crippen LogP contribution in [0.25, 0.3) is 0 Å². The van der Waals surface area contributed by atoms with Gasteiger partial charge in [-0.1, -0.05) is 19.9 Å². The first-order valence-corrected chi connectivity index (χ1v) is 8.03. The highest BCUT2D eigenvalue weighted by Gasteiger charge is 2.24. The van der Waals surface area contributed by atoms with Gasteiger partial charge >= 0.3 is 5.97 Å². The summed E-state index contributed by atoms with van der Waals surface area (Å²) in [5, 5.41) is 0. The molecule has 82 valence electrons. The second-order valence-corrected chi connectivity index (χ2v) is 8.09. The maximum absolute atomic E-state index is 10.9. The molecule has 0 spiro atoms. The van der Waals surface area contributed by atoms with Crippen LogP contribution in [0.2, 0.25) is 19.1 Å². The van der Waals surface area contributed by atoms with Crippen molar-refractivity contribution in [1.82, 2.24) is 0 Å². The van der Waals surface area contributed by atoms with Crippen LogP contribution in [0.5, 0.6) is 0 Å². The third-order valence-corrected chi connectivity index (χ3v) is 4.46. The largest absolute Gasteiger partial charge is 0.434 e. The summed E-state index contributed by atoms with van der Waals surface area (Å²) in [6, 6.07) is 1.07. The van der Waals surface area contributed by atoms with Crippen molar-refractivity contribution in [3.63, 3.8) is 0 Å². The summed E-state index contributed by atoms with van der Waals surface area (Å²) in [5.41, 5.74) is 0. The van der Waals surface area contributed by atoms with Gasteiger partial charge in [0, 0.05) is 6.08 Å². The maximum Gasteiger partial charge on any atom is 0.332 e. The molecule has 0 aliphatic heterocycles. The van der Waals surface area contributed by atoms with E-state index in [2.05, 4.69) is 26.6 Å². The van der Waals surface area contributed by atoms with Gasteiger partial charge in [0.2, 0.25) is 0 Å². The van der Waals surface area contributed by atoms with E-state index in [-0.39, 0.29) is 0 Å². The van der Waals surface area contributed by atoms with Crippen LogP contribution >= 0.6 is 0 Å². The highest BCUT2D eigenvalue weighted by Crippen LogP contribution is 2.16. The van der Waals surface area contributed by atoms with Gasteiger partial charge in [-0.05, 0) is 26.1 Å². The highest BCUT2D eigenvalue weighted by atomic mass is 28.4. The minimum Gasteiger partial charge on any atom is -0.434 e. The summed E-state index contributed by atoms with van der Waals surface area (Å²) in [6.45, 7) is 11.4. The fourth-order valence-electron chi connectivity index (χ4n) is 1.35. The van der Waals surface area contributed by atoms with Crippen molar-refractivity contribution in [2.75, 3.05) is 0 Å². The van der Waals surface area contributed by atoms with Crippen LogP contribution < -0.4 is 0 Å². The molecule has 4 heteroatoms. The Kier molecular flexibility index (Phi) is 5.72. The van der Waals surface area contributed by atoms with Crippen molar-refractivity contribution in [3.05, 3.63) is 12.7 Å². The van der Waals surface area contributed by atoms with Crippen LogP contribution in [0.1, 0.15) is 20.3 Å². The van der Waals surface area contributed by atoms with Crippen molar-refractivity contribution in [1.29, 1.82) is 0 Å². The van der Waals surface area contributed by atoms with E-state index in [1.165, 1.54) is 0 Å². The zero-order chi connectivity index (χ0) is 11.2. The third-order valence-electron chi connectivity index (χ3n) is 1.79. The highest BCUT2D eigenvalue weighted by molar-refractivity contribution is 6.71. The Balaban J connectivity index is 3.97. The summed E-state index contributed by atoms with van der Waals surface area (Å²) in [7, 11) is -1.66. The molecular formula is C10H20O3Si. The van der Waals surface area contributed by atoms with Crippen molar-refractivity contribution < 1.29 is 14.0 Å². The van der Waals surface area contributed by atoms with E-state index < -0.39 is 20.6 Å². The van der Waals surface area contributed by atoms with Crippen molar-refractivity contribution in [3.8, 4) is 0 Å². The summed E-state index contributed by atoms with van der Waals surface area (Å²) < 4.78 is 10.6. The number of rotatable bonds is 6. The predicted octanol–water partition coefficient (Wildman–Crippen LogP) is 2.69. The van der Waals surface area contributed by atoms with Gasteiger partial charge in [-0.15, -0.1) is 0 Å². The van der Waals surface area contributed by atoms with Gasteiger partial charge in [0.15, 0.2) is 14.6 Å². The first-order valence-electron chi connectivity index (χ1n) is 4.92. The van der Waals surface area contributed by atoms with E-state index in [1.807, 2.05) is 0 Å². The average molecular weight is 216 g/mol. The normalized spacial score (nSPS) is 13.4. The zero-order valence-electron chi connectivity index (χ0n) is 9.50. The lowest BCUT2D eigenvalue weighted by Gasteiger charge is -2.26. The standard InChI is InChI=1S/C10H20O3Si/c1-6-8-14(4,5)13-9(3)12-10(11)7-2/h7,9H,2,6,8H2,1,3-5H3. The summed E-state index contributed by atoms with van der Waals surface area (Å²) >= 11 is 0. The van der Waals surface area contributed by atoms with Crippen LogP contribution in [0.15, 0.2) is 12.7 Å². The molecule has 14 heavy (non-hydrogen) atoms. The first kappa shape index (κ1) is 13.4. The van der Waals surface area contributed by atoms with E-state index >= 15 is 0 Å². The molecule has 0 N–H and O–H groups in total. The SMILES string of the molecule is C=CC(=O)OC(C)O[Si](C)(C)CCC. The van der Waals surface area contributed by atoms with E-state index in [4.69, 9.17) is 9.16 Å². The molecule has 0 saturated heterocycles. The number of hydrogen-bond donors (Lipinski definition) is 0. The van der Waals surface area contributed by atoms with Crippen LogP contribution in [-0.4, -0.2) is 20.6 Å². The fraction of sp³-hybridized carbons (Fsp3) is 0.700. The molecule has 0 aliphatic rings. The van der Waals surface area contributed by atoms with E-state index in [9.17, 15) is 4.79 Å². The predicted molar refractivity (Wildman–Crippen MR) is 59.4 cm³/mol. The lowest BCUT2D eigenvalue weighted by molar-refractivity contribution is -0.155. The number of esters is 1. The number of carbonyl (C=O) groups excluding carboxylic acids is 1. The molecule has 0 aromatic rings. The molecular weight excluding hydrogens is 196 g/mol. The Morgan fingerprint density at radius 3 is 2.57 bits per heavy atom. The minimum atomic E-state index is -1.66. The van der Waals surface area contributed by atoms with Crippen LogP contribution in [0, 0.1) is 0 Å². The summed E-state index contributed by atoms with van der Waals surface area (Å²) in [5.74, 6) is -0.432. The lowest BCUT2D eigenvalue weighted by atomic mass is 10.6. The second-order valence-electron chi connectivity index (χ2n) is 3.84. The fourth-order valence-corrected chi connectivity index (χ4v) is 3.61. The molecule has 1 unspecified atom stereocenters. The molecule has 0 amide bonds. The zero-order valence-corrected chi connectivity index (χ0v) is 10.5. The molecule has 0 radical (unpaired) electrons. The first-order chi connectivity index (χ1) is 6.41. The van der Waals surface area contributed by atoms with Gasteiger partial charge in [0.25, 0.3) is 0 Å². The molecule has 0 rings (SSSR count). The molecule has 1 atom stereocenters. The third kappa shape index (κ3) is 5.94. The number of ether oxygens (including phenoxy) is 1. The average Bonchev–Trinajstić information content (AvgIpc) is 2.02. The van der Waals surface area contributed by atoms with Gasteiger partial charge < -0.3 is 9.16 Å². The maximum atomic E-state index is 10.9. The van der Waals surface area contributed by atoms with Gasteiger partial charge in [-0.3, -0.25) is 0 Å². The van der Waals surface area contributed by atoms with Crippen LogP contribution in [0.3, 0.4) is 0 Å². The Bertz CT molecular complexity index is 202. The summed E-state index contributed by atoms with van der Waals surface area (Å²) in [4.78, 5) is 10.9. The quantitative estimate of drug-likeness (QED) is 0.296. The topological polar surface area (TPSA) is 35.5 Å². The Morgan fingerprint density at radius 1 is 1.57 bits per heavy atom. The van der Waals surface area contributed by atoms with Crippen molar-refractivity contribution >= 4 is 14.3 Å². The van der Waals surface area contributed by atoms with Crippen LogP contribution in [-0.2, 0) is 14.0 Å². The minimum absolute atomic E-state index is 0.432. The Morgan fingerprint density at radius 2 is 2.14 bits per heavy atom. The molecule has 0 bridgehead atoms. The van der Waals surface area contributed by atoms with Gasteiger partial charge in [-0.2, -0.15) is 0 Å². The van der Waals surface area contributed by atoms with Gasteiger partial charge in [0.1, 0.15) is 0 Å². The van der Waals surface area contributed by atoms with Gasteiger partial charge in [0.05, 0.1) is 0 Å². The summed E-state index contributed by atoms with van der Waals surface area (Å²) in [6.07, 6.45) is 1.78. The molecule has 0 aliphatic carbocycles. The Hall–Kier alpha value is -0.613. The van der Waals surface area contributed by atoms with Crippen molar-refractivity contribution in [2.45, 2.75) is 45.7 Å². The van der Waals surface area contributed by atoms with Crippen molar-refractivity contribution in [2.24, 2.45) is 0 Å². The molecule has 0 aromatic carbocycles. The molecule has 3 nitrogen and oxygen atoms in total. The number of hydrogen-bond acceptors (Lipinski definition) is 3. The van der Waals surface area contributed by atoms with Crippen LogP contribution in [0.4, 0.5) is 0 Å². The van der Waals surface area contributed by atoms with E-state index in [0.717, 1.165) is 18.5 Å². The van der Waals surface area contributed by atoms with E-state index in [1.54, 1.807) is 6.92 Å². The molecule has 0 heterocycles. The molecule has 0 fully saturated rings. The molecule has 0 aromatic heterocycles. The van der Waals surface area contributed by atoms with E-state index in [0.29, 0.717) is 0 Å². The number of carbonyl (C=O) groups is 1. The van der Waals surface area contributed by atoms with Gasteiger partial charge in [-0.25, -0.2) is 4.79 Å². The lowest BCUT2D eigenvalue weighted by Crippen LogP contribution is -2.35. The monoisotopic (exact) mass is 216 g/mol. The second kappa shape index (κ2) is 5.98.